The van der Waals surface area contributed by atoms with Crippen LogP contribution in [0, 0.1) is 0 Å². The van der Waals surface area contributed by atoms with E-state index in [-0.39, 0.29) is 0 Å². The van der Waals surface area contributed by atoms with E-state index in [4.69, 9.17) is 5.73 Å². The van der Waals surface area contributed by atoms with Crippen molar-refractivity contribution in [2.75, 3.05) is 5.73 Å². The van der Waals surface area contributed by atoms with E-state index >= 15 is 0 Å². The van der Waals surface area contributed by atoms with Gasteiger partial charge in [-0.25, -0.2) is 4.98 Å². The minimum Gasteiger partial charge on any atom is -0.388 e. The predicted octanol–water partition coefficient (Wildman–Crippen LogP) is 1.64. The zero-order chi connectivity index (χ0) is 14.1. The number of aliphatic hydroxyl groups excluding tert-OH is 1. The molecule has 2 heterocycles. The van der Waals surface area contributed by atoms with Gasteiger partial charge in [0.2, 0.25) is 0 Å². The third kappa shape index (κ3) is 2.04. The molecule has 0 radical (unpaired) electrons. The number of rotatable bonds is 4. The van der Waals surface area contributed by atoms with E-state index in [1.807, 2.05) is 24.3 Å². The van der Waals surface area contributed by atoms with Gasteiger partial charge >= 0.3 is 0 Å². The van der Waals surface area contributed by atoms with E-state index in [1.54, 1.807) is 6.20 Å². The van der Waals surface area contributed by atoms with Gasteiger partial charge in [-0.05, 0) is 19.1 Å². The SMILES string of the molecule is CCn1c(CC(O)c2cn[nH]c2N)nc2ccccc21. The van der Waals surface area contributed by atoms with Crippen LogP contribution in [0.1, 0.15) is 24.4 Å². The van der Waals surface area contributed by atoms with Crippen LogP contribution in [0.4, 0.5) is 5.82 Å². The minimum absolute atomic E-state index is 0.400. The molecule has 3 aromatic rings. The Balaban J connectivity index is 1.96. The number of anilines is 1. The molecular formula is C14H17N5O. The van der Waals surface area contributed by atoms with Gasteiger partial charge in [-0.15, -0.1) is 0 Å². The molecule has 0 aliphatic heterocycles. The molecule has 4 N–H and O–H groups in total. The fraction of sp³-hybridized carbons (Fsp3) is 0.286. The van der Waals surface area contributed by atoms with Crippen molar-refractivity contribution in [3.8, 4) is 0 Å². The summed E-state index contributed by atoms with van der Waals surface area (Å²) in [5.41, 5.74) is 8.37. The molecule has 20 heavy (non-hydrogen) atoms. The fourth-order valence-corrected chi connectivity index (χ4v) is 2.49. The summed E-state index contributed by atoms with van der Waals surface area (Å²) in [7, 11) is 0. The number of nitrogens with zero attached hydrogens (tertiary/aromatic N) is 3. The number of aromatic amines is 1. The number of imidazole rings is 1. The Hall–Kier alpha value is -2.34. The number of nitrogens with one attached hydrogen (secondary N) is 1. The molecule has 104 valence electrons. The number of benzene rings is 1. The molecule has 1 atom stereocenters. The van der Waals surface area contributed by atoms with Crippen molar-refractivity contribution in [1.29, 1.82) is 0 Å². The standard InChI is InChI=1S/C14H17N5O/c1-2-19-11-6-4-3-5-10(11)17-13(19)7-12(20)9-8-16-18-14(9)15/h3-6,8,12,20H,2,7H2,1H3,(H3,15,16,18). The first-order valence-electron chi connectivity index (χ1n) is 6.61. The molecule has 1 aromatic carbocycles. The Morgan fingerprint density at radius 3 is 2.90 bits per heavy atom. The van der Waals surface area contributed by atoms with E-state index in [1.165, 1.54) is 0 Å². The number of nitrogens with two attached hydrogens (primary N) is 1. The number of para-hydroxylation sites is 2. The van der Waals surface area contributed by atoms with Crippen molar-refractivity contribution >= 4 is 16.9 Å². The summed E-state index contributed by atoms with van der Waals surface area (Å²) in [6, 6.07) is 7.96. The number of H-pyrrole nitrogens is 1. The number of aromatic nitrogens is 4. The van der Waals surface area contributed by atoms with Crippen LogP contribution < -0.4 is 5.73 Å². The van der Waals surface area contributed by atoms with Gasteiger partial charge in [-0.3, -0.25) is 5.10 Å². The van der Waals surface area contributed by atoms with E-state index < -0.39 is 6.10 Å². The van der Waals surface area contributed by atoms with Crippen molar-refractivity contribution in [2.45, 2.75) is 26.0 Å². The third-order valence-electron chi connectivity index (χ3n) is 3.48. The maximum atomic E-state index is 10.3. The zero-order valence-electron chi connectivity index (χ0n) is 11.2. The number of nitrogen functional groups attached to an aromatic ring is 1. The summed E-state index contributed by atoms with van der Waals surface area (Å²) in [6.07, 6.45) is 1.25. The highest BCUT2D eigenvalue weighted by atomic mass is 16.3. The number of aliphatic hydroxyl groups is 1. The van der Waals surface area contributed by atoms with Gasteiger partial charge in [-0.1, -0.05) is 12.1 Å². The molecule has 0 aliphatic rings. The molecule has 0 fully saturated rings. The second-order valence-corrected chi connectivity index (χ2v) is 4.72. The predicted molar refractivity (Wildman–Crippen MR) is 77.1 cm³/mol. The van der Waals surface area contributed by atoms with Crippen LogP contribution in [-0.4, -0.2) is 24.9 Å². The van der Waals surface area contributed by atoms with Crippen molar-refractivity contribution in [1.82, 2.24) is 19.7 Å². The Labute approximate surface area is 116 Å². The maximum Gasteiger partial charge on any atom is 0.124 e. The summed E-state index contributed by atoms with van der Waals surface area (Å²) in [4.78, 5) is 4.59. The van der Waals surface area contributed by atoms with E-state index in [0.717, 1.165) is 23.4 Å². The highest BCUT2D eigenvalue weighted by molar-refractivity contribution is 5.75. The molecule has 0 saturated heterocycles. The first-order chi connectivity index (χ1) is 9.70. The Morgan fingerprint density at radius 1 is 1.40 bits per heavy atom. The average molecular weight is 271 g/mol. The third-order valence-corrected chi connectivity index (χ3v) is 3.48. The number of aryl methyl sites for hydroxylation is 1. The Morgan fingerprint density at radius 2 is 2.20 bits per heavy atom. The Kier molecular flexibility index (Phi) is 3.15. The second kappa shape index (κ2) is 4.97. The van der Waals surface area contributed by atoms with Crippen LogP contribution in [0.25, 0.3) is 11.0 Å². The number of hydrogen-bond acceptors (Lipinski definition) is 4. The zero-order valence-corrected chi connectivity index (χ0v) is 11.2. The lowest BCUT2D eigenvalue weighted by Gasteiger charge is -2.11. The van der Waals surface area contributed by atoms with Gasteiger partial charge in [0, 0.05) is 18.5 Å². The highest BCUT2D eigenvalue weighted by Gasteiger charge is 2.18. The quantitative estimate of drug-likeness (QED) is 0.672. The molecule has 0 amide bonds. The lowest BCUT2D eigenvalue weighted by Crippen LogP contribution is -2.09. The second-order valence-electron chi connectivity index (χ2n) is 4.72. The van der Waals surface area contributed by atoms with Crippen LogP contribution in [0.5, 0.6) is 0 Å². The Bertz CT molecular complexity index is 730. The molecule has 6 heteroatoms. The normalized spacial score (nSPS) is 12.9. The molecule has 0 bridgehead atoms. The molecule has 1 unspecified atom stereocenters. The summed E-state index contributed by atoms with van der Waals surface area (Å²) < 4.78 is 2.11. The van der Waals surface area contributed by atoms with Crippen LogP contribution in [0.2, 0.25) is 0 Å². The molecular weight excluding hydrogens is 254 g/mol. The first-order valence-corrected chi connectivity index (χ1v) is 6.61. The largest absolute Gasteiger partial charge is 0.388 e. The van der Waals surface area contributed by atoms with Crippen molar-refractivity contribution in [3.05, 3.63) is 41.9 Å². The van der Waals surface area contributed by atoms with Crippen molar-refractivity contribution in [2.24, 2.45) is 0 Å². The van der Waals surface area contributed by atoms with E-state index in [9.17, 15) is 5.11 Å². The van der Waals surface area contributed by atoms with Crippen molar-refractivity contribution in [3.63, 3.8) is 0 Å². The smallest absolute Gasteiger partial charge is 0.124 e. The number of fused-ring (bicyclic) bond motifs is 1. The molecule has 2 aromatic heterocycles. The monoisotopic (exact) mass is 271 g/mol. The summed E-state index contributed by atoms with van der Waals surface area (Å²) >= 11 is 0. The minimum atomic E-state index is -0.712. The molecule has 0 aliphatic carbocycles. The fourth-order valence-electron chi connectivity index (χ4n) is 2.49. The molecule has 3 rings (SSSR count). The van der Waals surface area contributed by atoms with Gasteiger partial charge in [0.1, 0.15) is 11.6 Å². The lowest BCUT2D eigenvalue weighted by atomic mass is 10.1. The van der Waals surface area contributed by atoms with Crippen molar-refractivity contribution < 1.29 is 5.11 Å². The van der Waals surface area contributed by atoms with E-state index in [0.29, 0.717) is 17.8 Å². The first kappa shape index (κ1) is 12.7. The average Bonchev–Trinajstić information content (AvgIpc) is 3.01. The van der Waals surface area contributed by atoms with Gasteiger partial charge in [0.25, 0.3) is 0 Å². The topological polar surface area (TPSA) is 92.8 Å². The van der Waals surface area contributed by atoms with Crippen LogP contribution in [-0.2, 0) is 13.0 Å². The van der Waals surface area contributed by atoms with Crippen LogP contribution in [0.3, 0.4) is 0 Å². The summed E-state index contributed by atoms with van der Waals surface area (Å²) in [5.74, 6) is 1.25. The van der Waals surface area contributed by atoms with Gasteiger partial charge in [-0.2, -0.15) is 5.10 Å². The van der Waals surface area contributed by atoms with Crippen LogP contribution >= 0.6 is 0 Å². The van der Waals surface area contributed by atoms with Gasteiger partial charge < -0.3 is 15.4 Å². The number of hydrogen-bond donors (Lipinski definition) is 3. The van der Waals surface area contributed by atoms with E-state index in [2.05, 4.69) is 26.7 Å². The maximum absolute atomic E-state index is 10.3. The van der Waals surface area contributed by atoms with Gasteiger partial charge in [0.15, 0.2) is 0 Å². The van der Waals surface area contributed by atoms with Gasteiger partial charge in [0.05, 0.1) is 23.3 Å². The van der Waals surface area contributed by atoms with Crippen LogP contribution in [0.15, 0.2) is 30.5 Å². The lowest BCUT2D eigenvalue weighted by molar-refractivity contribution is 0.175. The summed E-state index contributed by atoms with van der Waals surface area (Å²) in [5, 5.41) is 16.8. The summed E-state index contributed by atoms with van der Waals surface area (Å²) in [6.45, 7) is 2.87. The molecule has 0 saturated carbocycles. The highest BCUT2D eigenvalue weighted by Crippen LogP contribution is 2.24. The molecule has 6 nitrogen and oxygen atoms in total. The molecule has 0 spiro atoms.